The van der Waals surface area contributed by atoms with Gasteiger partial charge in [0.25, 0.3) is 11.8 Å². The van der Waals surface area contributed by atoms with Crippen LogP contribution in [0, 0.1) is 0 Å². The molecule has 3 heterocycles. The maximum absolute atomic E-state index is 12.3. The van der Waals surface area contributed by atoms with Gasteiger partial charge in [0, 0.05) is 12.7 Å². The van der Waals surface area contributed by atoms with Gasteiger partial charge in [-0.05, 0) is 18.6 Å². The average Bonchev–Trinajstić information content (AvgIpc) is 2.94. The van der Waals surface area contributed by atoms with Gasteiger partial charge in [-0.3, -0.25) is 14.6 Å². The van der Waals surface area contributed by atoms with Gasteiger partial charge in [-0.15, -0.1) is 0 Å². The fourth-order valence-corrected chi connectivity index (χ4v) is 2.51. The molecule has 0 aliphatic carbocycles. The SMILES string of the molecule is [3H]c1ccnc(C(=O)N2CCC3(C2)NC(=C)NC3=O)c1. The van der Waals surface area contributed by atoms with Crippen molar-refractivity contribution in [2.45, 2.75) is 12.0 Å². The van der Waals surface area contributed by atoms with Gasteiger partial charge in [0.15, 0.2) is 0 Å². The highest BCUT2D eigenvalue weighted by Gasteiger charge is 2.50. The van der Waals surface area contributed by atoms with Gasteiger partial charge in [-0.1, -0.05) is 12.6 Å². The van der Waals surface area contributed by atoms with Crippen LogP contribution in [-0.2, 0) is 4.79 Å². The summed E-state index contributed by atoms with van der Waals surface area (Å²) < 4.78 is 7.52. The van der Waals surface area contributed by atoms with Crippen molar-refractivity contribution in [2.24, 2.45) is 0 Å². The van der Waals surface area contributed by atoms with Gasteiger partial charge in [-0.2, -0.15) is 0 Å². The Labute approximate surface area is 111 Å². The molecule has 2 aliphatic heterocycles. The highest BCUT2D eigenvalue weighted by Crippen LogP contribution is 2.27. The van der Waals surface area contributed by atoms with E-state index in [1.165, 1.54) is 18.3 Å². The molecule has 1 atom stereocenters. The number of hydrogen-bond donors (Lipinski definition) is 2. The maximum atomic E-state index is 12.3. The minimum absolute atomic E-state index is 0.153. The highest BCUT2D eigenvalue weighted by atomic mass is 16.2. The van der Waals surface area contributed by atoms with Crippen LogP contribution in [0.1, 0.15) is 18.3 Å². The minimum atomic E-state index is -0.773. The van der Waals surface area contributed by atoms with E-state index in [-0.39, 0.29) is 30.1 Å². The Balaban J connectivity index is 1.79. The van der Waals surface area contributed by atoms with E-state index in [1.54, 1.807) is 4.90 Å². The Morgan fingerprint density at radius 1 is 1.63 bits per heavy atom. The first-order valence-electron chi connectivity index (χ1n) is 6.51. The third-order valence-electron chi connectivity index (χ3n) is 3.47. The van der Waals surface area contributed by atoms with E-state index in [0.717, 1.165) is 0 Å². The lowest BCUT2D eigenvalue weighted by atomic mass is 9.99. The summed E-state index contributed by atoms with van der Waals surface area (Å²) in [6.45, 7) is 4.43. The third kappa shape index (κ3) is 1.85. The van der Waals surface area contributed by atoms with E-state index in [4.69, 9.17) is 1.37 Å². The number of nitrogens with zero attached hydrogens (tertiary/aromatic N) is 2. The molecule has 2 N–H and O–H groups in total. The van der Waals surface area contributed by atoms with E-state index in [0.29, 0.717) is 18.8 Å². The Kier molecular flexibility index (Phi) is 2.26. The fraction of sp³-hybridized carbons (Fsp3) is 0.308. The number of amides is 2. The van der Waals surface area contributed by atoms with E-state index in [1.807, 2.05) is 0 Å². The molecular formula is C13H14N4O2. The predicted octanol–water partition coefficient (Wildman–Crippen LogP) is -0.143. The molecule has 0 radical (unpaired) electrons. The first-order chi connectivity index (χ1) is 9.50. The fourth-order valence-electron chi connectivity index (χ4n) is 2.51. The van der Waals surface area contributed by atoms with Gasteiger partial charge in [0.05, 0.1) is 13.7 Å². The first kappa shape index (κ1) is 10.5. The zero-order valence-electron chi connectivity index (χ0n) is 11.3. The Morgan fingerprint density at radius 3 is 3.16 bits per heavy atom. The first-order valence-corrected chi connectivity index (χ1v) is 6.01. The zero-order chi connectivity index (χ0) is 14.3. The van der Waals surface area contributed by atoms with E-state index >= 15 is 0 Å². The minimum Gasteiger partial charge on any atom is -0.356 e. The van der Waals surface area contributed by atoms with Crippen LogP contribution in [0.3, 0.4) is 0 Å². The molecule has 2 amide bonds. The van der Waals surface area contributed by atoms with Crippen LogP contribution in [0.4, 0.5) is 0 Å². The second kappa shape index (κ2) is 4.08. The summed E-state index contributed by atoms with van der Waals surface area (Å²) in [5, 5.41) is 5.65. The summed E-state index contributed by atoms with van der Waals surface area (Å²) in [7, 11) is 0. The number of aromatic nitrogens is 1. The molecule has 2 aliphatic rings. The monoisotopic (exact) mass is 260 g/mol. The molecule has 19 heavy (non-hydrogen) atoms. The molecule has 2 fully saturated rings. The second-order valence-corrected chi connectivity index (χ2v) is 4.76. The van der Waals surface area contributed by atoms with Crippen LogP contribution in [0.25, 0.3) is 0 Å². The summed E-state index contributed by atoms with van der Waals surface area (Å²) in [5.41, 5.74) is -0.544. The van der Waals surface area contributed by atoms with Crippen LogP contribution < -0.4 is 10.6 Å². The van der Waals surface area contributed by atoms with Crippen LogP contribution in [0.5, 0.6) is 0 Å². The quantitative estimate of drug-likeness (QED) is 0.737. The largest absolute Gasteiger partial charge is 0.356 e. The number of carbonyl (C=O) groups excluding carboxylic acids is 2. The van der Waals surface area contributed by atoms with Crippen molar-refractivity contribution in [3.8, 4) is 0 Å². The molecular weight excluding hydrogens is 244 g/mol. The van der Waals surface area contributed by atoms with Crippen LogP contribution in [-0.4, -0.2) is 40.3 Å². The van der Waals surface area contributed by atoms with Crippen LogP contribution >= 0.6 is 0 Å². The topological polar surface area (TPSA) is 74.3 Å². The summed E-state index contributed by atoms with van der Waals surface area (Å²) in [5.74, 6) is 0.0543. The number of nitrogens with one attached hydrogen (secondary N) is 2. The number of rotatable bonds is 1. The van der Waals surface area contributed by atoms with Gasteiger partial charge < -0.3 is 15.5 Å². The molecule has 0 saturated carbocycles. The number of carbonyl (C=O) groups is 2. The average molecular weight is 260 g/mol. The predicted molar refractivity (Wildman–Crippen MR) is 67.9 cm³/mol. The van der Waals surface area contributed by atoms with Crippen molar-refractivity contribution in [3.05, 3.63) is 42.5 Å². The Morgan fingerprint density at radius 2 is 2.47 bits per heavy atom. The second-order valence-electron chi connectivity index (χ2n) is 4.76. The molecule has 1 spiro atoms. The van der Waals surface area contributed by atoms with Gasteiger partial charge in [-0.25, -0.2) is 0 Å². The molecule has 1 aromatic heterocycles. The molecule has 0 bridgehead atoms. The summed E-state index contributed by atoms with van der Waals surface area (Å²) in [4.78, 5) is 29.8. The molecule has 98 valence electrons. The zero-order valence-corrected chi connectivity index (χ0v) is 10.3. The Bertz CT molecular complexity index is 618. The van der Waals surface area contributed by atoms with Crippen LogP contribution in [0.2, 0.25) is 0 Å². The number of hydrogen-bond acceptors (Lipinski definition) is 4. The highest BCUT2D eigenvalue weighted by molar-refractivity contribution is 5.96. The van der Waals surface area contributed by atoms with Crippen molar-refractivity contribution < 1.29 is 11.0 Å². The van der Waals surface area contributed by atoms with Crippen molar-refractivity contribution in [3.63, 3.8) is 0 Å². The van der Waals surface area contributed by atoms with Gasteiger partial charge >= 0.3 is 0 Å². The van der Waals surface area contributed by atoms with Crippen molar-refractivity contribution in [1.29, 1.82) is 0 Å². The molecule has 2 saturated heterocycles. The number of pyridine rings is 1. The lowest BCUT2D eigenvalue weighted by Gasteiger charge is -2.21. The molecule has 6 heteroatoms. The lowest BCUT2D eigenvalue weighted by molar-refractivity contribution is -0.123. The Hall–Kier alpha value is -2.37. The van der Waals surface area contributed by atoms with Crippen LogP contribution in [0.15, 0.2) is 36.8 Å². The lowest BCUT2D eigenvalue weighted by Crippen LogP contribution is -2.49. The normalized spacial score (nSPS) is 26.3. The summed E-state index contributed by atoms with van der Waals surface area (Å²) in [6.07, 6.45) is 1.97. The van der Waals surface area contributed by atoms with Gasteiger partial charge in [0.1, 0.15) is 11.2 Å². The van der Waals surface area contributed by atoms with Crippen molar-refractivity contribution >= 4 is 11.8 Å². The molecule has 1 unspecified atom stereocenters. The summed E-state index contributed by atoms with van der Waals surface area (Å²) in [6, 6.07) is 3.18. The van der Waals surface area contributed by atoms with Crippen molar-refractivity contribution in [2.75, 3.05) is 13.1 Å². The molecule has 3 rings (SSSR count). The smallest absolute Gasteiger partial charge is 0.272 e. The summed E-state index contributed by atoms with van der Waals surface area (Å²) >= 11 is 0. The van der Waals surface area contributed by atoms with E-state index in [9.17, 15) is 9.59 Å². The maximum Gasteiger partial charge on any atom is 0.272 e. The molecule has 1 aromatic rings. The van der Waals surface area contributed by atoms with Crippen molar-refractivity contribution in [1.82, 2.24) is 20.5 Å². The van der Waals surface area contributed by atoms with E-state index < -0.39 is 5.54 Å². The van der Waals surface area contributed by atoms with E-state index in [2.05, 4.69) is 22.2 Å². The number of likely N-dealkylation sites (tertiary alicyclic amines) is 1. The molecule has 6 nitrogen and oxygen atoms in total. The van der Waals surface area contributed by atoms with Gasteiger partial charge in [0.2, 0.25) is 0 Å². The molecule has 0 aromatic carbocycles. The third-order valence-corrected chi connectivity index (χ3v) is 3.47. The standard InChI is InChI=1S/C13H14N4O2/c1-9-15-12(19)13(16-9)5-7-17(8-13)11(18)10-4-2-3-6-14-10/h2-4,6,16H,1,5,7-8H2,(H,15,19)/i2T.